The second kappa shape index (κ2) is 15.7. The van der Waals surface area contributed by atoms with Crippen LogP contribution in [-0.4, -0.2) is 76.3 Å². The van der Waals surface area contributed by atoms with Crippen LogP contribution in [0.25, 0.3) is 10.9 Å². The van der Waals surface area contributed by atoms with Gasteiger partial charge in [-0.1, -0.05) is 64.5 Å². The second-order valence-electron chi connectivity index (χ2n) is 13.3. The summed E-state index contributed by atoms with van der Waals surface area (Å²) >= 11 is 0. The highest BCUT2D eigenvalue weighted by Gasteiger charge is 2.54. The van der Waals surface area contributed by atoms with Gasteiger partial charge in [-0.15, -0.1) is 0 Å². The molecule has 3 fully saturated rings. The molecule has 47 heavy (non-hydrogen) atoms. The van der Waals surface area contributed by atoms with E-state index in [1.165, 1.54) is 12.1 Å². The van der Waals surface area contributed by atoms with Crippen LogP contribution < -0.4 is 5.32 Å². The molecule has 0 bridgehead atoms. The predicted molar refractivity (Wildman–Crippen MR) is 183 cm³/mol. The molecule has 256 valence electrons. The van der Waals surface area contributed by atoms with Crippen molar-refractivity contribution in [2.24, 2.45) is 5.92 Å². The van der Waals surface area contributed by atoms with Crippen molar-refractivity contribution < 1.29 is 28.2 Å². The molecule has 2 saturated heterocycles. The first-order chi connectivity index (χ1) is 22.5. The number of nitrogens with one attached hydrogen (secondary N) is 2. The van der Waals surface area contributed by atoms with Crippen LogP contribution in [0.2, 0.25) is 0 Å². The monoisotopic (exact) mass is 650 g/mol. The molecular formula is C37H51FN4O5. The molecule has 0 spiro atoms. The Labute approximate surface area is 278 Å². The lowest BCUT2D eigenvalue weighted by Gasteiger charge is -2.36. The minimum absolute atomic E-state index is 0.0104. The first kappa shape index (κ1) is 35.8. The highest BCUT2D eigenvalue weighted by molar-refractivity contribution is 5.88. The standard InChI is InChI=1S/C35H45FN4O5.C2H6/c1-6-11-22(7-2)21-44-34(43)40-20-27(26-19-37-28-18-24(36)14-15-25(26)28)31-29(40)16-17-39(31)32(41)30(23-12-9-8-10-13-23)38-33(42)45-35(3,4)5;1-2/h6-7,11,14-15,18-19,23,27,29-31,37H,1-2,8-10,12-13,16-17,20-21H2,3-5H3,(H,38,42);1-2H3/b22-11+;/t27-,29-,30?,31-;/m1./s1. The minimum Gasteiger partial charge on any atom is -0.445 e. The highest BCUT2D eigenvalue weighted by Crippen LogP contribution is 2.44. The van der Waals surface area contributed by atoms with Crippen LogP contribution >= 0.6 is 0 Å². The fourth-order valence-corrected chi connectivity index (χ4v) is 7.27. The maximum absolute atomic E-state index is 14.5. The van der Waals surface area contributed by atoms with Crippen LogP contribution in [0.15, 0.2) is 61.4 Å². The van der Waals surface area contributed by atoms with Crippen molar-refractivity contribution in [3.8, 4) is 0 Å². The van der Waals surface area contributed by atoms with E-state index < -0.39 is 23.8 Å². The van der Waals surface area contributed by atoms with Gasteiger partial charge < -0.3 is 29.6 Å². The molecule has 3 aliphatic rings. The number of H-pyrrole nitrogens is 1. The van der Waals surface area contributed by atoms with Crippen molar-refractivity contribution in [3.63, 3.8) is 0 Å². The molecule has 1 aromatic carbocycles. The van der Waals surface area contributed by atoms with E-state index in [2.05, 4.69) is 23.5 Å². The van der Waals surface area contributed by atoms with Gasteiger partial charge in [-0.05, 0) is 75.3 Å². The van der Waals surface area contributed by atoms with Crippen molar-refractivity contribution in [2.45, 2.75) is 103 Å². The molecule has 10 heteroatoms. The SMILES string of the molecule is C=C/C=C(\C=C)COC(=O)N1C[C@H](c2c[nH]c3cc(F)ccc23)[C@@H]2[C@H]1CCN2C(=O)C(NC(=O)OC(C)(C)C)C1CCCCC1.CC. The third-order valence-electron chi connectivity index (χ3n) is 9.23. The van der Waals surface area contributed by atoms with Gasteiger partial charge in [0, 0.05) is 36.1 Å². The zero-order valence-corrected chi connectivity index (χ0v) is 28.5. The second-order valence-corrected chi connectivity index (χ2v) is 13.3. The molecule has 3 amide bonds. The number of allylic oxidation sites excluding steroid dienone is 2. The Bertz CT molecular complexity index is 1470. The third kappa shape index (κ3) is 8.26. The number of nitrogens with zero attached hydrogens (tertiary/aromatic N) is 2. The van der Waals surface area contributed by atoms with Gasteiger partial charge in [0.25, 0.3) is 0 Å². The molecule has 2 N–H and O–H groups in total. The maximum atomic E-state index is 14.5. The minimum atomic E-state index is -0.739. The van der Waals surface area contributed by atoms with Crippen molar-refractivity contribution >= 4 is 29.0 Å². The summed E-state index contributed by atoms with van der Waals surface area (Å²) in [6.45, 7) is 17.7. The summed E-state index contributed by atoms with van der Waals surface area (Å²) < 4.78 is 25.4. The van der Waals surface area contributed by atoms with E-state index in [0.717, 1.165) is 48.6 Å². The van der Waals surface area contributed by atoms with E-state index in [4.69, 9.17) is 9.47 Å². The topological polar surface area (TPSA) is 104 Å². The number of hydrogen-bond donors (Lipinski definition) is 2. The number of rotatable bonds is 8. The number of benzene rings is 1. The van der Waals surface area contributed by atoms with Crippen molar-refractivity contribution in [1.82, 2.24) is 20.1 Å². The Morgan fingerprint density at radius 2 is 1.83 bits per heavy atom. The fourth-order valence-electron chi connectivity index (χ4n) is 7.27. The Hall–Kier alpha value is -4.08. The van der Waals surface area contributed by atoms with E-state index in [0.29, 0.717) is 25.0 Å². The lowest BCUT2D eigenvalue weighted by Crippen LogP contribution is -2.55. The lowest BCUT2D eigenvalue weighted by molar-refractivity contribution is -0.136. The van der Waals surface area contributed by atoms with E-state index in [9.17, 15) is 18.8 Å². The van der Waals surface area contributed by atoms with Gasteiger partial charge in [0.1, 0.15) is 24.1 Å². The summed E-state index contributed by atoms with van der Waals surface area (Å²) in [5.41, 5.74) is 1.57. The van der Waals surface area contributed by atoms with E-state index in [1.54, 1.807) is 50.0 Å². The average Bonchev–Trinajstić information content (AvgIpc) is 3.76. The first-order valence-corrected chi connectivity index (χ1v) is 16.9. The average molecular weight is 651 g/mol. The predicted octanol–water partition coefficient (Wildman–Crippen LogP) is 7.61. The number of likely N-dealkylation sites (tertiary alicyclic amines) is 2. The van der Waals surface area contributed by atoms with Crippen molar-refractivity contribution in [2.75, 3.05) is 19.7 Å². The third-order valence-corrected chi connectivity index (χ3v) is 9.23. The molecule has 1 aromatic heterocycles. The zero-order valence-electron chi connectivity index (χ0n) is 28.5. The van der Waals surface area contributed by atoms with Gasteiger partial charge in [-0.25, -0.2) is 14.0 Å². The van der Waals surface area contributed by atoms with Crippen LogP contribution in [0.4, 0.5) is 14.0 Å². The van der Waals surface area contributed by atoms with Gasteiger partial charge in [-0.2, -0.15) is 0 Å². The summed E-state index contributed by atoms with van der Waals surface area (Å²) in [5, 5.41) is 3.78. The van der Waals surface area contributed by atoms with Crippen molar-refractivity contribution in [1.29, 1.82) is 0 Å². The summed E-state index contributed by atoms with van der Waals surface area (Å²) in [6, 6.07) is 3.21. The molecule has 2 aliphatic heterocycles. The molecule has 1 saturated carbocycles. The maximum Gasteiger partial charge on any atom is 0.410 e. The van der Waals surface area contributed by atoms with Crippen LogP contribution in [0.1, 0.15) is 84.6 Å². The molecule has 1 unspecified atom stereocenters. The summed E-state index contributed by atoms with van der Waals surface area (Å²) in [4.78, 5) is 47.9. The number of carbonyl (C=O) groups is 3. The number of halogens is 1. The number of amides is 3. The quantitative estimate of drug-likeness (QED) is 0.286. The fraction of sp³-hybridized carbons (Fsp3) is 0.541. The number of alkyl carbamates (subject to hydrolysis) is 1. The molecule has 1 aliphatic carbocycles. The molecule has 9 nitrogen and oxygen atoms in total. The summed E-state index contributed by atoms with van der Waals surface area (Å²) in [7, 11) is 0. The first-order valence-electron chi connectivity index (χ1n) is 16.9. The molecule has 4 atom stereocenters. The zero-order chi connectivity index (χ0) is 34.3. The molecule has 3 heterocycles. The van der Waals surface area contributed by atoms with Gasteiger partial charge in [0.15, 0.2) is 0 Å². The van der Waals surface area contributed by atoms with Crippen molar-refractivity contribution in [3.05, 3.63) is 72.7 Å². The number of ether oxygens (including phenoxy) is 2. The summed E-state index contributed by atoms with van der Waals surface area (Å²) in [6.07, 6.45) is 11.1. The molecule has 5 rings (SSSR count). The Balaban J connectivity index is 0.00000245. The summed E-state index contributed by atoms with van der Waals surface area (Å²) in [5.74, 6) is -0.778. The van der Waals surface area contributed by atoms with E-state index in [1.807, 2.05) is 24.9 Å². The number of carbonyl (C=O) groups excluding carboxylic acids is 3. The number of fused-ring (bicyclic) bond motifs is 2. The largest absolute Gasteiger partial charge is 0.445 e. The Morgan fingerprint density at radius 3 is 2.49 bits per heavy atom. The van der Waals surface area contributed by atoms with Crippen LogP contribution in [-0.2, 0) is 14.3 Å². The van der Waals surface area contributed by atoms with Gasteiger partial charge in [0.05, 0.1) is 12.1 Å². The Morgan fingerprint density at radius 1 is 1.11 bits per heavy atom. The number of hydrogen-bond acceptors (Lipinski definition) is 5. The number of aromatic amines is 1. The smallest absolute Gasteiger partial charge is 0.410 e. The van der Waals surface area contributed by atoms with Gasteiger partial charge in [-0.3, -0.25) is 4.79 Å². The van der Waals surface area contributed by atoms with Gasteiger partial charge >= 0.3 is 12.2 Å². The highest BCUT2D eigenvalue weighted by atomic mass is 19.1. The van der Waals surface area contributed by atoms with E-state index in [-0.39, 0.29) is 42.3 Å². The van der Waals surface area contributed by atoms with Crippen LogP contribution in [0.3, 0.4) is 0 Å². The molecule has 0 radical (unpaired) electrons. The van der Waals surface area contributed by atoms with Gasteiger partial charge in [0.2, 0.25) is 5.91 Å². The molecule has 2 aromatic rings. The van der Waals surface area contributed by atoms with Crippen LogP contribution in [0, 0.1) is 11.7 Å². The Kier molecular flexibility index (Phi) is 11.9. The normalized spacial score (nSPS) is 22.2. The number of aromatic nitrogens is 1. The van der Waals surface area contributed by atoms with E-state index >= 15 is 0 Å². The van der Waals surface area contributed by atoms with Crippen LogP contribution in [0.5, 0.6) is 0 Å². The molecular weight excluding hydrogens is 599 g/mol. The lowest BCUT2D eigenvalue weighted by atomic mass is 9.83.